The van der Waals surface area contributed by atoms with Crippen molar-refractivity contribution in [3.63, 3.8) is 0 Å². The van der Waals surface area contributed by atoms with Gasteiger partial charge < -0.3 is 19.9 Å². The van der Waals surface area contributed by atoms with Crippen molar-refractivity contribution >= 4 is 11.8 Å². The molecule has 0 spiro atoms. The van der Waals surface area contributed by atoms with Gasteiger partial charge in [-0.15, -0.1) is 0 Å². The third-order valence-corrected chi connectivity index (χ3v) is 6.09. The average Bonchev–Trinajstić information content (AvgIpc) is 3.13. The lowest BCUT2D eigenvalue weighted by Gasteiger charge is -2.45. The lowest BCUT2D eigenvalue weighted by atomic mass is 9.89. The first-order chi connectivity index (χ1) is 13.2. The highest BCUT2D eigenvalue weighted by atomic mass is 16.5. The van der Waals surface area contributed by atoms with Gasteiger partial charge in [0.15, 0.2) is 0 Å². The quantitative estimate of drug-likeness (QED) is 0.771. The van der Waals surface area contributed by atoms with E-state index in [0.29, 0.717) is 19.1 Å². The highest BCUT2D eigenvalue weighted by Crippen LogP contribution is 2.29. The Morgan fingerprint density at radius 3 is 2.70 bits per heavy atom. The summed E-state index contributed by atoms with van der Waals surface area (Å²) in [6.45, 7) is 3.47. The average molecular weight is 375 g/mol. The van der Waals surface area contributed by atoms with Gasteiger partial charge >= 0.3 is 0 Å². The summed E-state index contributed by atoms with van der Waals surface area (Å²) in [4.78, 5) is 29.0. The van der Waals surface area contributed by atoms with Crippen molar-refractivity contribution in [3.8, 4) is 0 Å². The number of piperidine rings is 1. The molecule has 2 amide bonds. The van der Waals surface area contributed by atoms with Gasteiger partial charge in [-0.2, -0.15) is 5.10 Å². The number of hydrogen-bond acceptors (Lipinski definition) is 5. The molecule has 1 aromatic heterocycles. The first-order valence-corrected chi connectivity index (χ1v) is 10.1. The van der Waals surface area contributed by atoms with Crippen LogP contribution in [0.15, 0.2) is 18.5 Å². The molecule has 27 heavy (non-hydrogen) atoms. The zero-order chi connectivity index (χ0) is 18.6. The highest BCUT2D eigenvalue weighted by Gasteiger charge is 2.35. The van der Waals surface area contributed by atoms with Gasteiger partial charge in [0.1, 0.15) is 13.2 Å². The first kappa shape index (κ1) is 18.4. The molecule has 3 fully saturated rings. The molecule has 148 valence electrons. The van der Waals surface area contributed by atoms with E-state index in [2.05, 4.69) is 15.3 Å². The SMILES string of the molecule is O=C(Cn1cccn1)NCC1CN(C2CCN(C3CCC3)CC2)C(=O)CO1. The van der Waals surface area contributed by atoms with Crippen LogP contribution in [0.1, 0.15) is 32.1 Å². The van der Waals surface area contributed by atoms with Crippen LogP contribution >= 0.6 is 0 Å². The molecule has 3 aliphatic rings. The van der Waals surface area contributed by atoms with Gasteiger partial charge in [-0.25, -0.2) is 0 Å². The second-order valence-corrected chi connectivity index (χ2v) is 7.84. The number of rotatable bonds is 6. The summed E-state index contributed by atoms with van der Waals surface area (Å²) in [7, 11) is 0. The standard InChI is InChI=1S/C19H29N5O3/c25-18(13-23-8-2-7-21-23)20-11-17-12-24(19(26)14-27-17)16-5-9-22(10-6-16)15-3-1-4-15/h2,7-8,15-17H,1,3-6,9-14H2,(H,20,25). The van der Waals surface area contributed by atoms with Crippen LogP contribution in [0.2, 0.25) is 0 Å². The molecule has 0 radical (unpaired) electrons. The van der Waals surface area contributed by atoms with Gasteiger partial charge in [-0.3, -0.25) is 14.3 Å². The van der Waals surface area contributed by atoms with Gasteiger partial charge in [-0.05, 0) is 31.7 Å². The Morgan fingerprint density at radius 1 is 1.22 bits per heavy atom. The third kappa shape index (κ3) is 4.50. The number of nitrogens with zero attached hydrogens (tertiary/aromatic N) is 4. The minimum atomic E-state index is -0.145. The highest BCUT2D eigenvalue weighted by molar-refractivity contribution is 5.78. The Balaban J connectivity index is 1.23. The lowest BCUT2D eigenvalue weighted by Crippen LogP contribution is -2.57. The van der Waals surface area contributed by atoms with Crippen LogP contribution in [0.3, 0.4) is 0 Å². The maximum atomic E-state index is 12.4. The number of carbonyl (C=O) groups excluding carboxylic acids is 2. The van der Waals surface area contributed by atoms with Crippen LogP contribution < -0.4 is 5.32 Å². The molecule has 1 saturated carbocycles. The van der Waals surface area contributed by atoms with Crippen molar-refractivity contribution in [1.82, 2.24) is 24.9 Å². The molecule has 8 nitrogen and oxygen atoms in total. The number of aromatic nitrogens is 2. The predicted molar refractivity (Wildman–Crippen MR) is 98.9 cm³/mol. The van der Waals surface area contributed by atoms with Gasteiger partial charge in [0.25, 0.3) is 0 Å². The largest absolute Gasteiger partial charge is 0.365 e. The number of likely N-dealkylation sites (tertiary alicyclic amines) is 1. The zero-order valence-corrected chi connectivity index (χ0v) is 15.8. The smallest absolute Gasteiger partial charge is 0.248 e. The van der Waals surface area contributed by atoms with Crippen molar-refractivity contribution in [3.05, 3.63) is 18.5 Å². The molecule has 1 N–H and O–H groups in total. The van der Waals surface area contributed by atoms with Crippen LogP contribution in [0.25, 0.3) is 0 Å². The molecule has 2 aliphatic heterocycles. The van der Waals surface area contributed by atoms with Gasteiger partial charge in [0.2, 0.25) is 11.8 Å². The molecule has 0 bridgehead atoms. The molecule has 4 rings (SSSR count). The van der Waals surface area contributed by atoms with Crippen LogP contribution in [0.4, 0.5) is 0 Å². The minimum absolute atomic E-state index is 0.0798. The van der Waals surface area contributed by atoms with Crippen LogP contribution in [0, 0.1) is 0 Å². The van der Waals surface area contributed by atoms with E-state index in [1.54, 1.807) is 23.1 Å². The van der Waals surface area contributed by atoms with Crippen LogP contribution in [-0.4, -0.2) is 82.4 Å². The van der Waals surface area contributed by atoms with Gasteiger partial charge in [0, 0.05) is 50.7 Å². The summed E-state index contributed by atoms with van der Waals surface area (Å²) in [5, 5.41) is 6.93. The Hall–Kier alpha value is -1.93. The monoisotopic (exact) mass is 375 g/mol. The topological polar surface area (TPSA) is 79.7 Å². The predicted octanol–water partition coefficient (Wildman–Crippen LogP) is 0.244. The van der Waals surface area contributed by atoms with Crippen molar-refractivity contribution in [2.24, 2.45) is 0 Å². The maximum absolute atomic E-state index is 12.4. The van der Waals surface area contributed by atoms with Crippen molar-refractivity contribution in [2.45, 2.75) is 56.8 Å². The van der Waals surface area contributed by atoms with E-state index in [9.17, 15) is 9.59 Å². The molecule has 3 heterocycles. The summed E-state index contributed by atoms with van der Waals surface area (Å²) in [6.07, 6.45) is 9.38. The van der Waals surface area contributed by atoms with Crippen molar-refractivity contribution in [1.29, 1.82) is 0 Å². The summed E-state index contributed by atoms with van der Waals surface area (Å²) >= 11 is 0. The van der Waals surface area contributed by atoms with Crippen LogP contribution in [0.5, 0.6) is 0 Å². The zero-order valence-electron chi connectivity index (χ0n) is 15.8. The van der Waals surface area contributed by atoms with E-state index in [1.807, 2.05) is 4.90 Å². The molecular formula is C19H29N5O3. The van der Waals surface area contributed by atoms with Crippen molar-refractivity contribution in [2.75, 3.05) is 32.8 Å². The first-order valence-electron chi connectivity index (χ1n) is 10.1. The van der Waals surface area contributed by atoms with Gasteiger partial charge in [-0.1, -0.05) is 6.42 Å². The fraction of sp³-hybridized carbons (Fsp3) is 0.737. The number of amides is 2. The third-order valence-electron chi connectivity index (χ3n) is 6.09. The molecule has 1 atom stereocenters. The number of nitrogens with one attached hydrogen (secondary N) is 1. The van der Waals surface area contributed by atoms with E-state index in [-0.39, 0.29) is 31.1 Å². The Labute approximate surface area is 159 Å². The minimum Gasteiger partial charge on any atom is -0.365 e. The number of carbonyl (C=O) groups is 2. The Morgan fingerprint density at radius 2 is 2.04 bits per heavy atom. The number of ether oxygens (including phenoxy) is 1. The normalized spacial score (nSPS) is 25.4. The van der Waals surface area contributed by atoms with E-state index in [1.165, 1.54) is 19.3 Å². The van der Waals surface area contributed by atoms with E-state index in [4.69, 9.17) is 4.74 Å². The maximum Gasteiger partial charge on any atom is 0.248 e. The fourth-order valence-electron chi connectivity index (χ4n) is 4.26. The summed E-state index contributed by atoms with van der Waals surface area (Å²) < 4.78 is 7.23. The van der Waals surface area contributed by atoms with E-state index < -0.39 is 0 Å². The molecule has 2 saturated heterocycles. The molecular weight excluding hydrogens is 346 g/mol. The summed E-state index contributed by atoms with van der Waals surface area (Å²) in [6, 6.07) is 2.88. The number of hydrogen-bond donors (Lipinski definition) is 1. The molecule has 8 heteroatoms. The fourth-order valence-corrected chi connectivity index (χ4v) is 4.26. The van der Waals surface area contributed by atoms with E-state index >= 15 is 0 Å². The molecule has 1 aromatic rings. The molecule has 0 aromatic carbocycles. The van der Waals surface area contributed by atoms with Crippen LogP contribution in [-0.2, 0) is 20.9 Å². The number of morpholine rings is 1. The Bertz CT molecular complexity index is 638. The summed E-state index contributed by atoms with van der Waals surface area (Å²) in [5.74, 6) is -0.0178. The van der Waals surface area contributed by atoms with E-state index in [0.717, 1.165) is 32.0 Å². The molecule has 1 aliphatic carbocycles. The lowest BCUT2D eigenvalue weighted by molar-refractivity contribution is -0.153. The second-order valence-electron chi connectivity index (χ2n) is 7.84. The van der Waals surface area contributed by atoms with Crippen molar-refractivity contribution < 1.29 is 14.3 Å². The summed E-state index contributed by atoms with van der Waals surface area (Å²) in [5.41, 5.74) is 0. The Kier molecular flexibility index (Phi) is 5.73. The molecule has 1 unspecified atom stereocenters. The van der Waals surface area contributed by atoms with Gasteiger partial charge in [0.05, 0.1) is 6.10 Å². The second kappa shape index (κ2) is 8.39.